The molecular formula is C26H23N3O5. The standard InChI is InChI=1S/C26H23N3O5/c30-23(18-28-25(31)22-14-8-16-34-22)29(20-11-5-2-6-12-20)24(19-9-3-1-4-10-19)26(32)27-17-21-13-7-15-33-21/h1-16,24H,17-18H2,(H,27,32)(H,28,31)/t24-/m1/s1. The van der Waals surface area contributed by atoms with Crippen LogP contribution in [0.25, 0.3) is 0 Å². The van der Waals surface area contributed by atoms with Crippen molar-refractivity contribution in [1.82, 2.24) is 10.6 Å². The number of rotatable bonds is 9. The number of benzene rings is 2. The maximum absolute atomic E-state index is 13.5. The van der Waals surface area contributed by atoms with E-state index in [9.17, 15) is 14.4 Å². The number of para-hydroxylation sites is 1. The Balaban J connectivity index is 1.63. The van der Waals surface area contributed by atoms with Gasteiger partial charge in [-0.3, -0.25) is 19.3 Å². The Hall–Kier alpha value is -4.59. The lowest BCUT2D eigenvalue weighted by molar-refractivity contribution is -0.126. The summed E-state index contributed by atoms with van der Waals surface area (Å²) in [5.41, 5.74) is 1.13. The van der Waals surface area contributed by atoms with Crippen LogP contribution in [-0.2, 0) is 16.1 Å². The van der Waals surface area contributed by atoms with Crippen molar-refractivity contribution in [2.45, 2.75) is 12.6 Å². The van der Waals surface area contributed by atoms with E-state index in [4.69, 9.17) is 8.83 Å². The van der Waals surface area contributed by atoms with Gasteiger partial charge in [-0.25, -0.2) is 0 Å². The van der Waals surface area contributed by atoms with Gasteiger partial charge in [0.15, 0.2) is 5.76 Å². The molecular weight excluding hydrogens is 434 g/mol. The van der Waals surface area contributed by atoms with Crippen LogP contribution in [0.3, 0.4) is 0 Å². The van der Waals surface area contributed by atoms with Gasteiger partial charge in [0, 0.05) is 5.69 Å². The summed E-state index contributed by atoms with van der Waals surface area (Å²) < 4.78 is 10.4. The third kappa shape index (κ3) is 5.42. The van der Waals surface area contributed by atoms with E-state index >= 15 is 0 Å². The molecule has 8 heteroatoms. The molecule has 4 rings (SSSR count). The van der Waals surface area contributed by atoms with Crippen molar-refractivity contribution < 1.29 is 23.2 Å². The molecule has 0 saturated heterocycles. The van der Waals surface area contributed by atoms with Crippen LogP contribution in [0, 0.1) is 0 Å². The van der Waals surface area contributed by atoms with Crippen molar-refractivity contribution in [1.29, 1.82) is 0 Å². The van der Waals surface area contributed by atoms with Gasteiger partial charge in [0.05, 0.1) is 25.6 Å². The largest absolute Gasteiger partial charge is 0.467 e. The molecule has 8 nitrogen and oxygen atoms in total. The van der Waals surface area contributed by atoms with E-state index in [-0.39, 0.29) is 18.8 Å². The Morgan fingerprint density at radius 3 is 2.09 bits per heavy atom. The molecule has 0 spiro atoms. The highest BCUT2D eigenvalue weighted by Gasteiger charge is 2.32. The van der Waals surface area contributed by atoms with Crippen molar-refractivity contribution in [2.24, 2.45) is 0 Å². The summed E-state index contributed by atoms with van der Waals surface area (Å²) in [6, 6.07) is 23.4. The van der Waals surface area contributed by atoms with Gasteiger partial charge in [-0.05, 0) is 42.0 Å². The van der Waals surface area contributed by atoms with Crippen LogP contribution in [-0.4, -0.2) is 24.3 Å². The van der Waals surface area contributed by atoms with Gasteiger partial charge in [-0.15, -0.1) is 0 Å². The number of carbonyl (C=O) groups is 3. The second-order valence-electron chi connectivity index (χ2n) is 7.37. The zero-order valence-electron chi connectivity index (χ0n) is 18.2. The third-order valence-electron chi connectivity index (χ3n) is 5.09. The van der Waals surface area contributed by atoms with Gasteiger partial charge in [-0.1, -0.05) is 48.5 Å². The lowest BCUT2D eigenvalue weighted by Gasteiger charge is -2.31. The predicted molar refractivity (Wildman–Crippen MR) is 125 cm³/mol. The van der Waals surface area contributed by atoms with Gasteiger partial charge < -0.3 is 19.5 Å². The van der Waals surface area contributed by atoms with Crippen molar-refractivity contribution >= 4 is 23.4 Å². The summed E-state index contributed by atoms with van der Waals surface area (Å²) in [6.07, 6.45) is 2.90. The van der Waals surface area contributed by atoms with Crippen LogP contribution in [0.15, 0.2) is 106 Å². The molecule has 2 heterocycles. The highest BCUT2D eigenvalue weighted by atomic mass is 16.3. The lowest BCUT2D eigenvalue weighted by Crippen LogP contribution is -2.47. The maximum Gasteiger partial charge on any atom is 0.287 e. The fourth-order valence-electron chi connectivity index (χ4n) is 3.50. The number of amides is 3. The molecule has 2 N–H and O–H groups in total. The fourth-order valence-corrected chi connectivity index (χ4v) is 3.50. The monoisotopic (exact) mass is 457 g/mol. The van der Waals surface area contributed by atoms with Gasteiger partial charge in [0.2, 0.25) is 11.8 Å². The number of anilines is 1. The topological polar surface area (TPSA) is 105 Å². The van der Waals surface area contributed by atoms with E-state index in [1.807, 2.05) is 12.1 Å². The minimum atomic E-state index is -0.980. The minimum absolute atomic E-state index is 0.0925. The molecule has 0 fully saturated rings. The van der Waals surface area contributed by atoms with Crippen molar-refractivity contribution in [3.8, 4) is 0 Å². The van der Waals surface area contributed by atoms with E-state index in [1.165, 1.54) is 23.5 Å². The van der Waals surface area contributed by atoms with Crippen LogP contribution in [0.2, 0.25) is 0 Å². The first-order valence-electron chi connectivity index (χ1n) is 10.7. The normalized spacial score (nSPS) is 11.4. The molecule has 0 aliphatic carbocycles. The molecule has 0 bridgehead atoms. The average molecular weight is 457 g/mol. The number of nitrogens with one attached hydrogen (secondary N) is 2. The van der Waals surface area contributed by atoms with Gasteiger partial charge >= 0.3 is 0 Å². The molecule has 0 radical (unpaired) electrons. The van der Waals surface area contributed by atoms with E-state index in [0.717, 1.165) is 0 Å². The number of hydrogen-bond acceptors (Lipinski definition) is 5. The molecule has 0 aliphatic heterocycles. The molecule has 1 atom stereocenters. The molecule has 0 aliphatic rings. The Morgan fingerprint density at radius 1 is 0.765 bits per heavy atom. The second-order valence-corrected chi connectivity index (χ2v) is 7.37. The minimum Gasteiger partial charge on any atom is -0.467 e. The molecule has 4 aromatic rings. The predicted octanol–water partition coefficient (Wildman–Crippen LogP) is 3.69. The number of hydrogen-bond donors (Lipinski definition) is 2. The highest BCUT2D eigenvalue weighted by Crippen LogP contribution is 2.28. The Bertz CT molecular complexity index is 1210. The summed E-state index contributed by atoms with van der Waals surface area (Å²) in [7, 11) is 0. The highest BCUT2D eigenvalue weighted by molar-refractivity contribution is 6.04. The Kier molecular flexibility index (Phi) is 7.19. The molecule has 0 saturated carbocycles. The molecule has 0 unspecified atom stereocenters. The smallest absolute Gasteiger partial charge is 0.287 e. The van der Waals surface area contributed by atoms with Crippen LogP contribution < -0.4 is 15.5 Å². The Labute approximate surface area is 196 Å². The first-order chi connectivity index (χ1) is 16.6. The molecule has 2 aromatic heterocycles. The summed E-state index contributed by atoms with van der Waals surface area (Å²) in [5.74, 6) is -0.700. The van der Waals surface area contributed by atoms with E-state index in [2.05, 4.69) is 10.6 Å². The second kappa shape index (κ2) is 10.8. The van der Waals surface area contributed by atoms with Gasteiger partial charge in [0.25, 0.3) is 5.91 Å². The van der Waals surface area contributed by atoms with Crippen LogP contribution >= 0.6 is 0 Å². The van der Waals surface area contributed by atoms with Crippen LogP contribution in [0.5, 0.6) is 0 Å². The molecule has 172 valence electrons. The third-order valence-corrected chi connectivity index (χ3v) is 5.09. The molecule has 3 amide bonds. The van der Waals surface area contributed by atoms with E-state index < -0.39 is 23.8 Å². The quantitative estimate of drug-likeness (QED) is 0.399. The van der Waals surface area contributed by atoms with Crippen molar-refractivity contribution in [3.05, 3.63) is 115 Å². The van der Waals surface area contributed by atoms with E-state index in [0.29, 0.717) is 17.0 Å². The number of nitrogens with zero attached hydrogens (tertiary/aromatic N) is 1. The summed E-state index contributed by atoms with van der Waals surface area (Å²) >= 11 is 0. The first kappa shape index (κ1) is 22.6. The lowest BCUT2D eigenvalue weighted by atomic mass is 10.0. The van der Waals surface area contributed by atoms with Crippen molar-refractivity contribution in [2.75, 3.05) is 11.4 Å². The van der Waals surface area contributed by atoms with Gasteiger partial charge in [0.1, 0.15) is 11.8 Å². The van der Waals surface area contributed by atoms with Crippen LogP contribution in [0.1, 0.15) is 27.9 Å². The summed E-state index contributed by atoms with van der Waals surface area (Å²) in [5, 5.41) is 5.41. The number of furan rings is 2. The average Bonchev–Trinajstić information content (AvgIpc) is 3.60. The van der Waals surface area contributed by atoms with Gasteiger partial charge in [-0.2, -0.15) is 0 Å². The zero-order valence-corrected chi connectivity index (χ0v) is 18.2. The number of carbonyl (C=O) groups excluding carboxylic acids is 3. The summed E-state index contributed by atoms with van der Waals surface area (Å²) in [6.45, 7) is -0.162. The Morgan fingerprint density at radius 2 is 1.44 bits per heavy atom. The van der Waals surface area contributed by atoms with Crippen LogP contribution in [0.4, 0.5) is 5.69 Å². The zero-order chi connectivity index (χ0) is 23.8. The molecule has 34 heavy (non-hydrogen) atoms. The fraction of sp³-hybridized carbons (Fsp3) is 0.115. The summed E-state index contributed by atoms with van der Waals surface area (Å²) in [4.78, 5) is 40.6. The van der Waals surface area contributed by atoms with E-state index in [1.54, 1.807) is 66.7 Å². The SMILES string of the molecule is O=C(NCC(=O)N(c1ccccc1)[C@@H](C(=O)NCc1ccco1)c1ccccc1)c1ccco1. The molecule has 2 aromatic carbocycles. The first-order valence-corrected chi connectivity index (χ1v) is 10.7. The van der Waals surface area contributed by atoms with Crippen molar-refractivity contribution in [3.63, 3.8) is 0 Å². The maximum atomic E-state index is 13.5.